The quantitative estimate of drug-likeness (QED) is 0.635. The first-order valence-electron chi connectivity index (χ1n) is 9.48. The molecule has 0 saturated carbocycles. The van der Waals surface area contributed by atoms with Gasteiger partial charge in [0.25, 0.3) is 5.91 Å². The van der Waals surface area contributed by atoms with E-state index >= 15 is 0 Å². The van der Waals surface area contributed by atoms with Gasteiger partial charge < -0.3 is 10.6 Å². The molecule has 2 N–H and O–H groups in total. The first-order chi connectivity index (χ1) is 13.8. The highest BCUT2D eigenvalue weighted by molar-refractivity contribution is 6.30. The number of rotatable bonds is 6. The van der Waals surface area contributed by atoms with Crippen molar-refractivity contribution in [2.24, 2.45) is 0 Å². The van der Waals surface area contributed by atoms with Gasteiger partial charge in [0.05, 0.1) is 23.7 Å². The van der Waals surface area contributed by atoms with Crippen molar-refractivity contribution in [3.05, 3.63) is 52.8 Å². The van der Waals surface area contributed by atoms with Crippen LogP contribution < -0.4 is 10.6 Å². The van der Waals surface area contributed by atoms with Crippen molar-refractivity contribution < 1.29 is 9.59 Å². The molecule has 7 nitrogen and oxygen atoms in total. The number of hydrogen-bond donors (Lipinski definition) is 2. The fourth-order valence-electron chi connectivity index (χ4n) is 2.89. The summed E-state index contributed by atoms with van der Waals surface area (Å²) < 4.78 is 1.80. The molecule has 8 heteroatoms. The third kappa shape index (κ3) is 4.74. The Bertz CT molecular complexity index is 1040. The van der Waals surface area contributed by atoms with Gasteiger partial charge in [0.15, 0.2) is 5.65 Å². The van der Waals surface area contributed by atoms with Crippen LogP contribution in [0.2, 0.25) is 5.02 Å². The molecule has 29 heavy (non-hydrogen) atoms. The Kier molecular flexibility index (Phi) is 6.17. The van der Waals surface area contributed by atoms with E-state index in [1.807, 2.05) is 27.7 Å². The van der Waals surface area contributed by atoms with Gasteiger partial charge in [0.2, 0.25) is 5.91 Å². The predicted molar refractivity (Wildman–Crippen MR) is 114 cm³/mol. The molecule has 0 fully saturated rings. The molecule has 3 aromatic rings. The van der Waals surface area contributed by atoms with E-state index in [4.69, 9.17) is 11.6 Å². The summed E-state index contributed by atoms with van der Waals surface area (Å²) in [5, 5.41) is 11.0. The standard InChI is InChI=1S/C21H24ClN5O2/c1-12(2)18-9-16(17-10-24-27(13(3)4)20(17)26-18)21(29)23-11-19(28)25-15-7-5-14(22)6-8-15/h5-10,12-13H,11H2,1-4H3,(H,23,29)(H,25,28). The fraction of sp³-hybridized carbons (Fsp3) is 0.333. The second kappa shape index (κ2) is 8.61. The number of pyridine rings is 1. The number of fused-ring (bicyclic) bond motifs is 1. The van der Waals surface area contributed by atoms with E-state index in [1.54, 1.807) is 41.2 Å². The molecule has 0 saturated heterocycles. The lowest BCUT2D eigenvalue weighted by molar-refractivity contribution is -0.115. The van der Waals surface area contributed by atoms with Gasteiger partial charge >= 0.3 is 0 Å². The van der Waals surface area contributed by atoms with Crippen LogP contribution in [0.25, 0.3) is 11.0 Å². The number of amides is 2. The first kappa shape index (κ1) is 20.8. The highest BCUT2D eigenvalue weighted by Crippen LogP contribution is 2.24. The molecule has 0 unspecified atom stereocenters. The molecular formula is C21H24ClN5O2. The summed E-state index contributed by atoms with van der Waals surface area (Å²) in [6, 6.07) is 8.65. The maximum Gasteiger partial charge on any atom is 0.252 e. The first-order valence-corrected chi connectivity index (χ1v) is 9.85. The maximum absolute atomic E-state index is 12.8. The van der Waals surface area contributed by atoms with Crippen molar-refractivity contribution in [3.8, 4) is 0 Å². The van der Waals surface area contributed by atoms with Gasteiger partial charge in [-0.05, 0) is 50.1 Å². The van der Waals surface area contributed by atoms with Crippen molar-refractivity contribution in [2.45, 2.75) is 39.7 Å². The summed E-state index contributed by atoms with van der Waals surface area (Å²) in [5.74, 6) is -0.517. The zero-order valence-electron chi connectivity index (χ0n) is 16.9. The molecule has 0 aliphatic rings. The molecule has 0 aliphatic heterocycles. The number of anilines is 1. The van der Waals surface area contributed by atoms with Crippen molar-refractivity contribution in [1.29, 1.82) is 0 Å². The Morgan fingerprint density at radius 3 is 2.45 bits per heavy atom. The van der Waals surface area contributed by atoms with E-state index in [0.717, 1.165) is 5.69 Å². The number of nitrogens with one attached hydrogen (secondary N) is 2. The van der Waals surface area contributed by atoms with Gasteiger partial charge in [-0.25, -0.2) is 9.67 Å². The van der Waals surface area contributed by atoms with Gasteiger partial charge in [0, 0.05) is 22.4 Å². The molecule has 3 rings (SSSR count). The zero-order chi connectivity index (χ0) is 21.1. The Hall–Kier alpha value is -2.93. The number of hydrogen-bond acceptors (Lipinski definition) is 4. The van der Waals surface area contributed by atoms with Crippen LogP contribution in [0.4, 0.5) is 5.69 Å². The van der Waals surface area contributed by atoms with Crippen LogP contribution in [-0.2, 0) is 4.79 Å². The lowest BCUT2D eigenvalue weighted by atomic mass is 10.0. The molecule has 0 radical (unpaired) electrons. The minimum absolute atomic E-state index is 0.114. The van der Waals surface area contributed by atoms with E-state index < -0.39 is 0 Å². The van der Waals surface area contributed by atoms with Crippen LogP contribution in [0.5, 0.6) is 0 Å². The lowest BCUT2D eigenvalue weighted by Crippen LogP contribution is -2.33. The second-order valence-corrected chi connectivity index (χ2v) is 7.84. The maximum atomic E-state index is 12.8. The summed E-state index contributed by atoms with van der Waals surface area (Å²) in [6.07, 6.45) is 1.65. The molecule has 1 aromatic carbocycles. The van der Waals surface area contributed by atoms with Crippen LogP contribution >= 0.6 is 11.6 Å². The molecule has 0 spiro atoms. The minimum atomic E-state index is -0.339. The van der Waals surface area contributed by atoms with Crippen LogP contribution in [0.1, 0.15) is 55.7 Å². The molecule has 2 aromatic heterocycles. The SMILES string of the molecule is CC(C)c1cc(C(=O)NCC(=O)Nc2ccc(Cl)cc2)c2cnn(C(C)C)c2n1. The number of halogens is 1. The molecule has 2 heterocycles. The largest absolute Gasteiger partial charge is 0.343 e. The number of carbonyl (C=O) groups excluding carboxylic acids is 2. The van der Waals surface area contributed by atoms with Crippen LogP contribution in [0.3, 0.4) is 0 Å². The van der Waals surface area contributed by atoms with Crippen molar-refractivity contribution in [3.63, 3.8) is 0 Å². The van der Waals surface area contributed by atoms with Crippen LogP contribution in [0, 0.1) is 0 Å². The van der Waals surface area contributed by atoms with Crippen LogP contribution in [0.15, 0.2) is 36.5 Å². The van der Waals surface area contributed by atoms with Crippen LogP contribution in [-0.4, -0.2) is 33.1 Å². The van der Waals surface area contributed by atoms with E-state index in [2.05, 4.69) is 20.7 Å². The van der Waals surface area contributed by atoms with Crippen molar-refractivity contribution >= 4 is 40.1 Å². The summed E-state index contributed by atoms with van der Waals surface area (Å²) in [4.78, 5) is 29.7. The van der Waals surface area contributed by atoms with E-state index in [9.17, 15) is 9.59 Å². The van der Waals surface area contributed by atoms with E-state index in [1.165, 1.54) is 0 Å². The average Bonchev–Trinajstić information content (AvgIpc) is 3.11. The molecule has 2 amide bonds. The third-order valence-electron chi connectivity index (χ3n) is 4.45. The number of nitrogens with zero attached hydrogens (tertiary/aromatic N) is 3. The fourth-order valence-corrected chi connectivity index (χ4v) is 3.02. The molecule has 0 atom stereocenters. The van der Waals surface area contributed by atoms with Gasteiger partial charge in [-0.15, -0.1) is 0 Å². The Balaban J connectivity index is 1.79. The summed E-state index contributed by atoms with van der Waals surface area (Å²) in [5.41, 5.74) is 2.54. The van der Waals surface area contributed by atoms with E-state index in [-0.39, 0.29) is 30.3 Å². The highest BCUT2D eigenvalue weighted by atomic mass is 35.5. The number of aromatic nitrogens is 3. The second-order valence-electron chi connectivity index (χ2n) is 7.41. The Labute approximate surface area is 174 Å². The Morgan fingerprint density at radius 2 is 1.83 bits per heavy atom. The Morgan fingerprint density at radius 1 is 1.14 bits per heavy atom. The zero-order valence-corrected chi connectivity index (χ0v) is 17.6. The van der Waals surface area contributed by atoms with Gasteiger partial charge in [-0.3, -0.25) is 9.59 Å². The highest BCUT2D eigenvalue weighted by Gasteiger charge is 2.19. The summed E-state index contributed by atoms with van der Waals surface area (Å²) >= 11 is 5.84. The molecule has 0 aliphatic carbocycles. The monoisotopic (exact) mass is 413 g/mol. The van der Waals surface area contributed by atoms with Crippen molar-refractivity contribution in [1.82, 2.24) is 20.1 Å². The van der Waals surface area contributed by atoms with Gasteiger partial charge in [-0.2, -0.15) is 5.10 Å². The van der Waals surface area contributed by atoms with E-state index in [0.29, 0.717) is 27.3 Å². The lowest BCUT2D eigenvalue weighted by Gasteiger charge is -2.12. The number of benzene rings is 1. The van der Waals surface area contributed by atoms with Crippen molar-refractivity contribution in [2.75, 3.05) is 11.9 Å². The topological polar surface area (TPSA) is 88.9 Å². The van der Waals surface area contributed by atoms with Gasteiger partial charge in [0.1, 0.15) is 0 Å². The molecule has 0 bridgehead atoms. The third-order valence-corrected chi connectivity index (χ3v) is 4.70. The average molecular weight is 414 g/mol. The predicted octanol–water partition coefficient (Wildman–Crippen LogP) is 4.16. The normalized spacial score (nSPS) is 11.3. The smallest absolute Gasteiger partial charge is 0.252 e. The van der Waals surface area contributed by atoms with Gasteiger partial charge in [-0.1, -0.05) is 25.4 Å². The molecular weight excluding hydrogens is 390 g/mol. The summed E-state index contributed by atoms with van der Waals surface area (Å²) in [7, 11) is 0. The minimum Gasteiger partial charge on any atom is -0.343 e. The number of carbonyl (C=O) groups is 2. The molecule has 152 valence electrons. The summed E-state index contributed by atoms with van der Waals surface area (Å²) in [6.45, 7) is 7.91.